The average molecular weight is 190 g/mol. The van der Waals surface area contributed by atoms with E-state index < -0.39 is 0 Å². The molecule has 1 aliphatic heterocycles. The molecule has 1 atom stereocenters. The smallest absolute Gasteiger partial charge is 0.0578 e. The lowest BCUT2D eigenvalue weighted by Crippen LogP contribution is -2.33. The Morgan fingerprint density at radius 1 is 1.29 bits per heavy atom. The summed E-state index contributed by atoms with van der Waals surface area (Å²) in [5.74, 6) is 0.750. The maximum atomic E-state index is 3.57. The van der Waals surface area contributed by atoms with Gasteiger partial charge in [0.15, 0.2) is 0 Å². The first kappa shape index (κ1) is 9.38. The first-order valence-corrected chi connectivity index (χ1v) is 5.35. The third-order valence-electron chi connectivity index (χ3n) is 2.58. The Kier molecular flexibility index (Phi) is 2.62. The van der Waals surface area contributed by atoms with E-state index in [0.29, 0.717) is 6.04 Å². The molecule has 1 aliphatic rings. The second-order valence-electron chi connectivity index (χ2n) is 4.40. The molecule has 0 unspecified atom stereocenters. The molecule has 2 N–H and O–H groups in total. The Bertz CT molecular complexity index is 307. The van der Waals surface area contributed by atoms with Gasteiger partial charge in [-0.25, -0.2) is 0 Å². The van der Waals surface area contributed by atoms with Gasteiger partial charge in [-0.2, -0.15) is 0 Å². The molecule has 0 radical (unpaired) electrons. The van der Waals surface area contributed by atoms with Gasteiger partial charge in [0.1, 0.15) is 0 Å². The molecule has 0 amide bonds. The Hall–Kier alpha value is -1.18. The van der Waals surface area contributed by atoms with Gasteiger partial charge in [-0.15, -0.1) is 0 Å². The molecule has 0 saturated heterocycles. The number of fused-ring (bicyclic) bond motifs is 1. The van der Waals surface area contributed by atoms with Crippen LogP contribution in [0, 0.1) is 5.92 Å². The van der Waals surface area contributed by atoms with E-state index in [9.17, 15) is 0 Å². The standard InChI is InChI=1S/C12H18N2/c1-9(2)7-10-8-13-11-5-3-4-6-12(11)14-10/h3-6,9-10,13-14H,7-8H2,1-2H3/t10-/m1/s1. The van der Waals surface area contributed by atoms with E-state index in [0.717, 1.165) is 12.5 Å². The van der Waals surface area contributed by atoms with Crippen LogP contribution in [0.1, 0.15) is 20.3 Å². The summed E-state index contributed by atoms with van der Waals surface area (Å²) in [6.45, 7) is 5.57. The Morgan fingerprint density at radius 3 is 2.71 bits per heavy atom. The Labute approximate surface area is 85.7 Å². The van der Waals surface area contributed by atoms with Gasteiger partial charge in [-0.1, -0.05) is 26.0 Å². The fraction of sp³-hybridized carbons (Fsp3) is 0.500. The summed E-state index contributed by atoms with van der Waals surface area (Å²) >= 11 is 0. The quantitative estimate of drug-likeness (QED) is 0.749. The van der Waals surface area contributed by atoms with Crippen LogP contribution in [0.3, 0.4) is 0 Å². The van der Waals surface area contributed by atoms with Crippen molar-refractivity contribution in [1.82, 2.24) is 0 Å². The topological polar surface area (TPSA) is 24.1 Å². The monoisotopic (exact) mass is 190 g/mol. The summed E-state index contributed by atoms with van der Waals surface area (Å²) < 4.78 is 0. The van der Waals surface area contributed by atoms with Gasteiger partial charge in [0, 0.05) is 12.6 Å². The number of benzene rings is 1. The van der Waals surface area contributed by atoms with E-state index >= 15 is 0 Å². The van der Waals surface area contributed by atoms with Crippen LogP contribution in [-0.2, 0) is 0 Å². The van der Waals surface area contributed by atoms with Gasteiger partial charge >= 0.3 is 0 Å². The molecule has 0 bridgehead atoms. The van der Waals surface area contributed by atoms with Crippen LogP contribution in [0.25, 0.3) is 0 Å². The molecular weight excluding hydrogens is 172 g/mol. The van der Waals surface area contributed by atoms with Gasteiger partial charge in [0.05, 0.1) is 11.4 Å². The average Bonchev–Trinajstić information content (AvgIpc) is 2.17. The highest BCUT2D eigenvalue weighted by molar-refractivity contribution is 5.70. The third kappa shape index (κ3) is 2.00. The van der Waals surface area contributed by atoms with Crippen molar-refractivity contribution in [2.24, 2.45) is 5.92 Å². The second-order valence-corrected chi connectivity index (χ2v) is 4.40. The molecule has 0 aliphatic carbocycles. The number of anilines is 2. The van der Waals surface area contributed by atoms with Gasteiger partial charge in [0.25, 0.3) is 0 Å². The lowest BCUT2D eigenvalue weighted by molar-refractivity contribution is 0.525. The number of nitrogens with one attached hydrogen (secondary N) is 2. The van der Waals surface area contributed by atoms with Crippen molar-refractivity contribution in [1.29, 1.82) is 0 Å². The van der Waals surface area contributed by atoms with Crippen molar-refractivity contribution in [3.05, 3.63) is 24.3 Å². The highest BCUT2D eigenvalue weighted by atomic mass is 15.1. The number of hydrogen-bond donors (Lipinski definition) is 2. The van der Waals surface area contributed by atoms with E-state index in [2.05, 4.69) is 48.7 Å². The summed E-state index contributed by atoms with van der Waals surface area (Å²) in [7, 11) is 0. The van der Waals surface area contributed by atoms with Crippen LogP contribution in [0.15, 0.2) is 24.3 Å². The maximum absolute atomic E-state index is 3.57. The predicted molar refractivity (Wildman–Crippen MR) is 61.8 cm³/mol. The molecule has 0 aromatic heterocycles. The fourth-order valence-corrected chi connectivity index (χ4v) is 1.98. The summed E-state index contributed by atoms with van der Waals surface area (Å²) in [4.78, 5) is 0. The van der Waals surface area contributed by atoms with Crippen molar-refractivity contribution in [2.45, 2.75) is 26.3 Å². The molecule has 2 nitrogen and oxygen atoms in total. The predicted octanol–water partition coefficient (Wildman–Crippen LogP) is 2.94. The largest absolute Gasteiger partial charge is 0.381 e. The van der Waals surface area contributed by atoms with Gasteiger partial charge < -0.3 is 10.6 Å². The fourth-order valence-electron chi connectivity index (χ4n) is 1.98. The lowest BCUT2D eigenvalue weighted by Gasteiger charge is -2.29. The van der Waals surface area contributed by atoms with Gasteiger partial charge in [0.2, 0.25) is 0 Å². The Morgan fingerprint density at radius 2 is 2.00 bits per heavy atom. The van der Waals surface area contributed by atoms with E-state index in [4.69, 9.17) is 0 Å². The molecule has 2 heteroatoms. The molecule has 0 fully saturated rings. The molecule has 0 spiro atoms. The number of para-hydroxylation sites is 2. The lowest BCUT2D eigenvalue weighted by atomic mass is 10.0. The van der Waals surface area contributed by atoms with Gasteiger partial charge in [-0.05, 0) is 24.5 Å². The van der Waals surface area contributed by atoms with Crippen LogP contribution >= 0.6 is 0 Å². The first-order chi connectivity index (χ1) is 6.75. The minimum atomic E-state index is 0.574. The zero-order valence-electron chi connectivity index (χ0n) is 8.88. The van der Waals surface area contributed by atoms with Crippen LogP contribution in [0.5, 0.6) is 0 Å². The molecular formula is C12H18N2. The van der Waals surface area contributed by atoms with Crippen molar-refractivity contribution in [3.63, 3.8) is 0 Å². The minimum Gasteiger partial charge on any atom is -0.381 e. The van der Waals surface area contributed by atoms with E-state index in [1.165, 1.54) is 17.8 Å². The first-order valence-electron chi connectivity index (χ1n) is 5.35. The molecule has 1 aromatic carbocycles. The molecule has 1 aromatic rings. The summed E-state index contributed by atoms with van der Waals surface area (Å²) in [6, 6.07) is 8.97. The van der Waals surface area contributed by atoms with Crippen molar-refractivity contribution in [3.8, 4) is 0 Å². The molecule has 2 rings (SSSR count). The summed E-state index contributed by atoms with van der Waals surface area (Å²) in [6.07, 6.45) is 1.22. The molecule has 0 saturated carbocycles. The van der Waals surface area contributed by atoms with E-state index in [1.807, 2.05) is 0 Å². The second kappa shape index (κ2) is 3.91. The highest BCUT2D eigenvalue weighted by Crippen LogP contribution is 2.26. The summed E-state index contributed by atoms with van der Waals surface area (Å²) in [5.41, 5.74) is 2.47. The maximum Gasteiger partial charge on any atom is 0.0578 e. The molecule has 14 heavy (non-hydrogen) atoms. The van der Waals surface area contributed by atoms with Crippen LogP contribution in [0.4, 0.5) is 11.4 Å². The normalized spacial score (nSPS) is 19.8. The minimum absolute atomic E-state index is 0.574. The highest BCUT2D eigenvalue weighted by Gasteiger charge is 2.16. The summed E-state index contributed by atoms with van der Waals surface area (Å²) in [5, 5.41) is 7.02. The zero-order valence-corrected chi connectivity index (χ0v) is 8.88. The third-order valence-corrected chi connectivity index (χ3v) is 2.58. The zero-order chi connectivity index (χ0) is 9.97. The van der Waals surface area contributed by atoms with Crippen LogP contribution in [0.2, 0.25) is 0 Å². The van der Waals surface area contributed by atoms with Crippen molar-refractivity contribution < 1.29 is 0 Å². The van der Waals surface area contributed by atoms with Crippen LogP contribution in [-0.4, -0.2) is 12.6 Å². The molecule has 76 valence electrons. The number of rotatable bonds is 2. The van der Waals surface area contributed by atoms with Crippen molar-refractivity contribution in [2.75, 3.05) is 17.2 Å². The van der Waals surface area contributed by atoms with Crippen molar-refractivity contribution >= 4 is 11.4 Å². The van der Waals surface area contributed by atoms with E-state index in [1.54, 1.807) is 0 Å². The van der Waals surface area contributed by atoms with Crippen LogP contribution < -0.4 is 10.6 Å². The van der Waals surface area contributed by atoms with E-state index in [-0.39, 0.29) is 0 Å². The number of hydrogen-bond acceptors (Lipinski definition) is 2. The Balaban J connectivity index is 2.06. The SMILES string of the molecule is CC(C)C[C@@H]1CNc2ccccc2N1. The molecule has 1 heterocycles. The van der Waals surface area contributed by atoms with Gasteiger partial charge in [-0.3, -0.25) is 0 Å².